The summed E-state index contributed by atoms with van der Waals surface area (Å²) in [5.74, 6) is 0.499. The molecule has 0 bridgehead atoms. The van der Waals surface area contributed by atoms with Gasteiger partial charge in [0.1, 0.15) is 16.5 Å². The van der Waals surface area contributed by atoms with E-state index in [-0.39, 0.29) is 5.91 Å². The van der Waals surface area contributed by atoms with Crippen molar-refractivity contribution in [1.82, 2.24) is 25.3 Å². The molecule has 0 saturated carbocycles. The van der Waals surface area contributed by atoms with E-state index < -0.39 is 0 Å². The summed E-state index contributed by atoms with van der Waals surface area (Å²) < 4.78 is 0. The molecule has 0 saturated heterocycles. The van der Waals surface area contributed by atoms with E-state index in [1.807, 2.05) is 36.4 Å². The molecule has 0 atom stereocenters. The molecule has 0 unspecified atom stereocenters. The maximum Gasteiger partial charge on any atom is 0.253 e. The van der Waals surface area contributed by atoms with E-state index >= 15 is 0 Å². The number of hydrogen-bond acceptors (Lipinski definition) is 4. The molecule has 134 valence electrons. The maximum absolute atomic E-state index is 12.6. The van der Waals surface area contributed by atoms with E-state index in [0.29, 0.717) is 40.7 Å². The number of imidazole rings is 1. The predicted molar refractivity (Wildman–Crippen MR) is 105 cm³/mol. The number of carbonyl (C=O) groups is 1. The lowest BCUT2D eigenvalue weighted by molar-refractivity contribution is 0.0955. The standard InChI is InChI=1S/C20H16ClN5O/c21-16-12-13(6-9-22-16)7-10-24-20(27)15-8-11-23-19-17(15)25-18(26-19)14-4-2-1-3-5-14/h1-6,8-9,11-12H,7,10H2,(H,24,27)(H,23,25,26). The summed E-state index contributed by atoms with van der Waals surface area (Å²) in [6, 6.07) is 15.1. The van der Waals surface area contributed by atoms with Crippen molar-refractivity contribution in [3.63, 3.8) is 0 Å². The highest BCUT2D eigenvalue weighted by molar-refractivity contribution is 6.29. The number of H-pyrrole nitrogens is 1. The largest absolute Gasteiger partial charge is 0.352 e. The molecular formula is C20H16ClN5O. The van der Waals surface area contributed by atoms with Crippen LogP contribution in [0.15, 0.2) is 60.9 Å². The third-order valence-electron chi connectivity index (χ3n) is 4.17. The predicted octanol–water partition coefficient (Wildman–Crippen LogP) is 3.65. The number of halogens is 1. The zero-order valence-electron chi connectivity index (χ0n) is 14.3. The van der Waals surface area contributed by atoms with Gasteiger partial charge in [0, 0.05) is 24.5 Å². The fourth-order valence-corrected chi connectivity index (χ4v) is 3.04. The van der Waals surface area contributed by atoms with Gasteiger partial charge in [0.15, 0.2) is 5.65 Å². The number of hydrogen-bond donors (Lipinski definition) is 2. The molecule has 7 heteroatoms. The first-order chi connectivity index (χ1) is 13.2. The molecule has 0 fully saturated rings. The minimum absolute atomic E-state index is 0.186. The summed E-state index contributed by atoms with van der Waals surface area (Å²) in [5.41, 5.74) is 3.59. The van der Waals surface area contributed by atoms with Crippen LogP contribution < -0.4 is 5.32 Å². The van der Waals surface area contributed by atoms with Crippen molar-refractivity contribution in [2.45, 2.75) is 6.42 Å². The van der Waals surface area contributed by atoms with Crippen molar-refractivity contribution in [2.75, 3.05) is 6.54 Å². The van der Waals surface area contributed by atoms with Crippen LogP contribution in [0.2, 0.25) is 5.15 Å². The number of carbonyl (C=O) groups excluding carboxylic acids is 1. The second kappa shape index (κ2) is 7.55. The molecule has 0 aliphatic rings. The molecule has 4 rings (SSSR count). The average Bonchev–Trinajstić information content (AvgIpc) is 3.13. The van der Waals surface area contributed by atoms with Crippen molar-refractivity contribution in [1.29, 1.82) is 0 Å². The van der Waals surface area contributed by atoms with Gasteiger partial charge in [-0.3, -0.25) is 4.79 Å². The average molecular weight is 378 g/mol. The van der Waals surface area contributed by atoms with Crippen molar-refractivity contribution in [3.8, 4) is 11.4 Å². The minimum Gasteiger partial charge on any atom is -0.352 e. The molecule has 3 heterocycles. The summed E-state index contributed by atoms with van der Waals surface area (Å²) in [5, 5.41) is 3.37. The smallest absolute Gasteiger partial charge is 0.253 e. The summed E-state index contributed by atoms with van der Waals surface area (Å²) in [6.45, 7) is 0.485. The third kappa shape index (κ3) is 3.80. The molecule has 4 aromatic rings. The lowest BCUT2D eigenvalue weighted by Crippen LogP contribution is -2.26. The van der Waals surface area contributed by atoms with E-state index in [1.54, 1.807) is 24.5 Å². The fraction of sp³-hybridized carbons (Fsp3) is 0.100. The molecule has 2 N–H and O–H groups in total. The Hall–Kier alpha value is -3.25. The molecule has 0 spiro atoms. The number of aromatic nitrogens is 4. The first-order valence-electron chi connectivity index (χ1n) is 8.49. The van der Waals surface area contributed by atoms with Crippen LogP contribution in [0.3, 0.4) is 0 Å². The zero-order chi connectivity index (χ0) is 18.6. The summed E-state index contributed by atoms with van der Waals surface area (Å²) in [6.07, 6.45) is 3.92. The molecule has 0 radical (unpaired) electrons. The first kappa shape index (κ1) is 17.2. The van der Waals surface area contributed by atoms with Gasteiger partial charge in [-0.25, -0.2) is 15.0 Å². The fourth-order valence-electron chi connectivity index (χ4n) is 2.84. The van der Waals surface area contributed by atoms with Crippen molar-refractivity contribution in [2.24, 2.45) is 0 Å². The summed E-state index contributed by atoms with van der Waals surface area (Å²) in [7, 11) is 0. The molecule has 3 aromatic heterocycles. The van der Waals surface area contributed by atoms with Crippen LogP contribution >= 0.6 is 11.6 Å². The van der Waals surface area contributed by atoms with Crippen molar-refractivity contribution >= 4 is 28.7 Å². The third-order valence-corrected chi connectivity index (χ3v) is 4.37. The van der Waals surface area contributed by atoms with E-state index in [4.69, 9.17) is 11.6 Å². The van der Waals surface area contributed by atoms with Gasteiger partial charge in [-0.1, -0.05) is 41.9 Å². The van der Waals surface area contributed by atoms with Crippen LogP contribution in [0.4, 0.5) is 0 Å². The molecule has 6 nitrogen and oxygen atoms in total. The summed E-state index contributed by atoms with van der Waals surface area (Å²) >= 11 is 5.88. The Morgan fingerprint density at radius 3 is 2.70 bits per heavy atom. The van der Waals surface area contributed by atoms with Gasteiger partial charge in [-0.05, 0) is 30.2 Å². The molecule has 0 aliphatic heterocycles. The number of pyridine rings is 2. The number of nitrogens with one attached hydrogen (secondary N) is 2. The van der Waals surface area contributed by atoms with Gasteiger partial charge in [-0.2, -0.15) is 0 Å². The van der Waals surface area contributed by atoms with Crippen LogP contribution in [0.5, 0.6) is 0 Å². The molecular weight excluding hydrogens is 362 g/mol. The van der Waals surface area contributed by atoms with Crippen LogP contribution in [0, 0.1) is 0 Å². The van der Waals surface area contributed by atoms with E-state index in [1.165, 1.54) is 0 Å². The topological polar surface area (TPSA) is 83.6 Å². The Balaban J connectivity index is 1.52. The highest BCUT2D eigenvalue weighted by atomic mass is 35.5. The lowest BCUT2D eigenvalue weighted by Gasteiger charge is -2.06. The van der Waals surface area contributed by atoms with Crippen LogP contribution in [-0.2, 0) is 6.42 Å². The van der Waals surface area contributed by atoms with Gasteiger partial charge in [0.25, 0.3) is 5.91 Å². The molecule has 1 aromatic carbocycles. The van der Waals surface area contributed by atoms with Gasteiger partial charge in [0.2, 0.25) is 0 Å². The number of aromatic amines is 1. The van der Waals surface area contributed by atoms with Crippen molar-refractivity contribution < 1.29 is 4.79 Å². The van der Waals surface area contributed by atoms with Crippen molar-refractivity contribution in [3.05, 3.63) is 77.2 Å². The van der Waals surface area contributed by atoms with Crippen LogP contribution in [-0.4, -0.2) is 32.4 Å². The normalized spacial score (nSPS) is 10.9. The van der Waals surface area contributed by atoms with Gasteiger partial charge in [0.05, 0.1) is 5.56 Å². The summed E-state index contributed by atoms with van der Waals surface area (Å²) in [4.78, 5) is 28.6. The van der Waals surface area contributed by atoms with E-state index in [9.17, 15) is 4.79 Å². The van der Waals surface area contributed by atoms with E-state index in [2.05, 4.69) is 25.3 Å². The van der Waals surface area contributed by atoms with Gasteiger partial charge < -0.3 is 10.3 Å². The number of rotatable bonds is 5. The monoisotopic (exact) mass is 377 g/mol. The van der Waals surface area contributed by atoms with Crippen LogP contribution in [0.25, 0.3) is 22.6 Å². The van der Waals surface area contributed by atoms with E-state index in [0.717, 1.165) is 11.1 Å². The Labute approximate surface area is 160 Å². The molecule has 27 heavy (non-hydrogen) atoms. The molecule has 1 amide bonds. The maximum atomic E-state index is 12.6. The Morgan fingerprint density at radius 2 is 1.89 bits per heavy atom. The van der Waals surface area contributed by atoms with Gasteiger partial charge in [-0.15, -0.1) is 0 Å². The minimum atomic E-state index is -0.186. The highest BCUT2D eigenvalue weighted by Gasteiger charge is 2.15. The number of amides is 1. The van der Waals surface area contributed by atoms with Gasteiger partial charge >= 0.3 is 0 Å². The highest BCUT2D eigenvalue weighted by Crippen LogP contribution is 2.21. The zero-order valence-corrected chi connectivity index (χ0v) is 15.1. The SMILES string of the molecule is O=C(NCCc1ccnc(Cl)c1)c1ccnc2[nH]c(-c3ccccc3)nc12. The lowest BCUT2D eigenvalue weighted by atomic mass is 10.2. The molecule has 0 aliphatic carbocycles. The Bertz CT molecular complexity index is 1090. The number of fused-ring (bicyclic) bond motifs is 1. The first-order valence-corrected chi connectivity index (χ1v) is 8.87. The second-order valence-corrected chi connectivity index (χ2v) is 6.39. The Morgan fingerprint density at radius 1 is 1.07 bits per heavy atom. The second-order valence-electron chi connectivity index (χ2n) is 6.00. The number of benzene rings is 1. The number of nitrogens with zero attached hydrogens (tertiary/aromatic N) is 3. The quantitative estimate of drug-likeness (QED) is 0.520. The Kier molecular flexibility index (Phi) is 4.80. The van der Waals surface area contributed by atoms with Crippen LogP contribution in [0.1, 0.15) is 15.9 Å².